The summed E-state index contributed by atoms with van der Waals surface area (Å²) in [4.78, 5) is 13.9. The third-order valence-electron chi connectivity index (χ3n) is 4.17. The summed E-state index contributed by atoms with van der Waals surface area (Å²) in [5, 5.41) is 0. The lowest BCUT2D eigenvalue weighted by atomic mass is 9.81. The monoisotopic (exact) mass is 293 g/mol. The number of piperidine rings is 1. The Balaban J connectivity index is 2.50. The van der Waals surface area contributed by atoms with Crippen molar-refractivity contribution in [1.82, 2.24) is 4.90 Å². The zero-order chi connectivity index (χ0) is 16.0. The fourth-order valence-corrected chi connectivity index (χ4v) is 2.68. The first-order valence-electron chi connectivity index (χ1n) is 8.02. The Kier molecular flexibility index (Phi) is 6.50. The quantitative estimate of drug-likeness (QED) is 0.700. The highest BCUT2D eigenvalue weighted by molar-refractivity contribution is 5.68. The number of ether oxygens (including phenoxy) is 1. The predicted molar refractivity (Wildman–Crippen MR) is 88.3 cm³/mol. The topological polar surface area (TPSA) is 29.5 Å². The number of rotatable bonds is 3. The maximum atomic E-state index is 12.0. The van der Waals surface area contributed by atoms with Crippen molar-refractivity contribution in [3.63, 3.8) is 0 Å². The van der Waals surface area contributed by atoms with Gasteiger partial charge in [0.05, 0.1) is 0 Å². The lowest BCUT2D eigenvalue weighted by molar-refractivity contribution is 0.0169. The largest absolute Gasteiger partial charge is 0.444 e. The third-order valence-corrected chi connectivity index (χ3v) is 4.17. The molecule has 0 spiro atoms. The minimum atomic E-state index is -0.410. The second kappa shape index (κ2) is 7.67. The molecule has 3 heteroatoms. The maximum absolute atomic E-state index is 12.0. The van der Waals surface area contributed by atoms with Gasteiger partial charge in [-0.2, -0.15) is 0 Å². The molecule has 0 radical (unpaired) electrons. The highest BCUT2D eigenvalue weighted by Gasteiger charge is 2.29. The summed E-state index contributed by atoms with van der Waals surface area (Å²) in [5.74, 6) is 1.23. The van der Waals surface area contributed by atoms with Crippen molar-refractivity contribution in [1.29, 1.82) is 0 Å². The van der Waals surface area contributed by atoms with Crippen LogP contribution < -0.4 is 0 Å². The number of carbonyl (C=O) groups is 1. The van der Waals surface area contributed by atoms with E-state index in [-0.39, 0.29) is 6.09 Å². The van der Waals surface area contributed by atoms with Gasteiger partial charge in [0, 0.05) is 13.1 Å². The Labute approximate surface area is 130 Å². The van der Waals surface area contributed by atoms with Crippen molar-refractivity contribution >= 4 is 6.09 Å². The summed E-state index contributed by atoms with van der Waals surface area (Å²) in [6, 6.07) is 0. The van der Waals surface area contributed by atoms with Crippen LogP contribution in [0.2, 0.25) is 0 Å². The number of amides is 1. The molecule has 1 fully saturated rings. The van der Waals surface area contributed by atoms with Gasteiger partial charge in [0.1, 0.15) is 5.60 Å². The van der Waals surface area contributed by atoms with Crippen LogP contribution in [0.3, 0.4) is 0 Å². The summed E-state index contributed by atoms with van der Waals surface area (Å²) in [5.41, 5.74) is 1.01. The fourth-order valence-electron chi connectivity index (χ4n) is 2.68. The van der Waals surface area contributed by atoms with Crippen molar-refractivity contribution in [3.8, 4) is 0 Å². The number of hydrogen-bond acceptors (Lipinski definition) is 2. The Morgan fingerprint density at radius 3 is 2.33 bits per heavy atom. The average Bonchev–Trinajstić information content (AvgIpc) is 2.42. The molecule has 0 aromatic carbocycles. The molecule has 120 valence electrons. The van der Waals surface area contributed by atoms with Crippen molar-refractivity contribution < 1.29 is 9.53 Å². The van der Waals surface area contributed by atoms with Crippen LogP contribution in [0.5, 0.6) is 0 Å². The molecule has 1 amide bonds. The molecule has 21 heavy (non-hydrogen) atoms. The summed E-state index contributed by atoms with van der Waals surface area (Å²) in [6.07, 6.45) is 8.30. The van der Waals surface area contributed by atoms with Gasteiger partial charge < -0.3 is 9.64 Å². The lowest BCUT2D eigenvalue weighted by Gasteiger charge is -2.36. The van der Waals surface area contributed by atoms with Gasteiger partial charge in [0.15, 0.2) is 0 Å². The molecule has 1 atom stereocenters. The van der Waals surface area contributed by atoms with Gasteiger partial charge in [-0.25, -0.2) is 4.79 Å². The van der Waals surface area contributed by atoms with E-state index in [1.54, 1.807) is 0 Å². The number of allylic oxidation sites excluding steroid dienone is 4. The first-order valence-corrected chi connectivity index (χ1v) is 8.02. The van der Waals surface area contributed by atoms with Crippen LogP contribution in [0, 0.1) is 11.8 Å². The van der Waals surface area contributed by atoms with Crippen LogP contribution in [0.25, 0.3) is 0 Å². The van der Waals surface area contributed by atoms with E-state index in [1.165, 1.54) is 5.57 Å². The summed E-state index contributed by atoms with van der Waals surface area (Å²) in [7, 11) is 0. The van der Waals surface area contributed by atoms with Gasteiger partial charge in [-0.3, -0.25) is 0 Å². The van der Waals surface area contributed by atoms with Gasteiger partial charge >= 0.3 is 6.09 Å². The second-order valence-corrected chi connectivity index (χ2v) is 7.03. The van der Waals surface area contributed by atoms with Gasteiger partial charge in [-0.15, -0.1) is 0 Å². The molecule has 0 N–H and O–H groups in total. The zero-order valence-electron chi connectivity index (χ0n) is 14.5. The summed E-state index contributed by atoms with van der Waals surface area (Å²) in [6.45, 7) is 13.9. The molecule has 0 saturated carbocycles. The minimum Gasteiger partial charge on any atom is -0.444 e. The predicted octanol–water partition coefficient (Wildman–Crippen LogP) is 4.79. The molecule has 1 rings (SSSR count). The van der Waals surface area contributed by atoms with E-state index in [2.05, 4.69) is 32.1 Å². The average molecular weight is 293 g/mol. The smallest absolute Gasteiger partial charge is 0.410 e. The van der Waals surface area contributed by atoms with E-state index in [4.69, 9.17) is 4.74 Å². The van der Waals surface area contributed by atoms with Crippen molar-refractivity contribution in [2.24, 2.45) is 11.8 Å². The van der Waals surface area contributed by atoms with E-state index < -0.39 is 5.60 Å². The van der Waals surface area contributed by atoms with Crippen LogP contribution in [-0.4, -0.2) is 29.7 Å². The molecule has 3 nitrogen and oxygen atoms in total. The summed E-state index contributed by atoms with van der Waals surface area (Å²) >= 11 is 0. The van der Waals surface area contributed by atoms with Gasteiger partial charge in [0.2, 0.25) is 0 Å². The van der Waals surface area contributed by atoms with Crippen LogP contribution in [0.1, 0.15) is 54.4 Å². The molecule has 1 saturated heterocycles. The molecular formula is C18H31NO2. The Bertz CT molecular complexity index is 396. The maximum Gasteiger partial charge on any atom is 0.410 e. The number of nitrogens with zero attached hydrogens (tertiary/aromatic N) is 1. The van der Waals surface area contributed by atoms with Gasteiger partial charge in [-0.1, -0.05) is 30.7 Å². The molecule has 1 unspecified atom stereocenters. The number of carbonyl (C=O) groups excluding carboxylic acids is 1. The fraction of sp³-hybridized carbons (Fsp3) is 0.722. The Morgan fingerprint density at radius 2 is 1.86 bits per heavy atom. The molecule has 0 aliphatic carbocycles. The molecule has 0 aromatic rings. The van der Waals surface area contributed by atoms with Crippen molar-refractivity contribution in [3.05, 3.63) is 23.8 Å². The zero-order valence-corrected chi connectivity index (χ0v) is 14.5. The van der Waals surface area contributed by atoms with Crippen LogP contribution >= 0.6 is 0 Å². The first-order chi connectivity index (χ1) is 9.74. The van der Waals surface area contributed by atoms with E-state index in [0.29, 0.717) is 11.8 Å². The molecule has 1 heterocycles. The normalized spacial score (nSPS) is 19.9. The molecule has 0 aromatic heterocycles. The molecular weight excluding hydrogens is 262 g/mol. The van der Waals surface area contributed by atoms with Crippen molar-refractivity contribution in [2.45, 2.75) is 60.0 Å². The highest BCUT2D eigenvalue weighted by Crippen LogP contribution is 2.30. The first kappa shape index (κ1) is 17.8. The molecule has 1 aliphatic rings. The second-order valence-electron chi connectivity index (χ2n) is 7.03. The van der Waals surface area contributed by atoms with Crippen LogP contribution in [-0.2, 0) is 4.74 Å². The van der Waals surface area contributed by atoms with Crippen molar-refractivity contribution in [2.75, 3.05) is 13.1 Å². The molecule has 1 aliphatic heterocycles. The highest BCUT2D eigenvalue weighted by atomic mass is 16.6. The van der Waals surface area contributed by atoms with E-state index in [1.807, 2.05) is 32.6 Å². The number of hydrogen-bond donors (Lipinski definition) is 0. The SMILES string of the molecule is CC=CC=C(C)C(C)C1CCN(C(=O)OC(C)(C)C)CC1. The number of likely N-dealkylation sites (tertiary alicyclic amines) is 1. The van der Waals surface area contributed by atoms with E-state index in [9.17, 15) is 4.79 Å². The summed E-state index contributed by atoms with van der Waals surface area (Å²) < 4.78 is 5.44. The Hall–Kier alpha value is -1.25. The van der Waals surface area contributed by atoms with E-state index >= 15 is 0 Å². The van der Waals surface area contributed by atoms with Crippen LogP contribution in [0.15, 0.2) is 23.8 Å². The third kappa shape index (κ3) is 5.94. The lowest BCUT2D eigenvalue weighted by Crippen LogP contribution is -2.42. The van der Waals surface area contributed by atoms with Gasteiger partial charge in [0.25, 0.3) is 0 Å². The standard InChI is InChI=1S/C18H31NO2/c1-7-8-9-14(2)15(3)16-10-12-19(13-11-16)17(20)21-18(4,5)6/h7-9,15-16H,10-13H2,1-6H3. The van der Waals surface area contributed by atoms with E-state index in [0.717, 1.165) is 25.9 Å². The van der Waals surface area contributed by atoms with Crippen LogP contribution in [0.4, 0.5) is 4.79 Å². The van der Waals surface area contributed by atoms with Gasteiger partial charge in [-0.05, 0) is 59.3 Å². The Morgan fingerprint density at radius 1 is 1.29 bits per heavy atom. The molecule has 0 bridgehead atoms. The minimum absolute atomic E-state index is 0.171.